The summed E-state index contributed by atoms with van der Waals surface area (Å²) in [7, 11) is -3.69. The van der Waals surface area contributed by atoms with Gasteiger partial charge in [-0.15, -0.1) is 0 Å². The number of urea groups is 1. The van der Waals surface area contributed by atoms with Crippen LogP contribution in [-0.2, 0) is 16.4 Å². The summed E-state index contributed by atoms with van der Waals surface area (Å²) in [5.74, 6) is 1.24. The molecule has 1 aliphatic rings. The van der Waals surface area contributed by atoms with Crippen molar-refractivity contribution in [2.75, 3.05) is 18.7 Å². The van der Waals surface area contributed by atoms with E-state index in [1.54, 1.807) is 30.3 Å². The molecule has 1 heterocycles. The first-order valence-corrected chi connectivity index (χ1v) is 9.03. The molecule has 4 N–H and O–H groups in total. The van der Waals surface area contributed by atoms with E-state index in [0.717, 1.165) is 5.56 Å². The van der Waals surface area contributed by atoms with Gasteiger partial charge in [0.15, 0.2) is 11.5 Å². The monoisotopic (exact) mass is 363 g/mol. The first-order valence-electron chi connectivity index (χ1n) is 7.48. The molecule has 9 heteroatoms. The number of nitrogens with two attached hydrogens (primary N) is 1. The van der Waals surface area contributed by atoms with E-state index in [1.165, 1.54) is 12.1 Å². The summed E-state index contributed by atoms with van der Waals surface area (Å²) >= 11 is 0. The Morgan fingerprint density at radius 1 is 1.08 bits per heavy atom. The average Bonchev–Trinajstić information content (AvgIpc) is 3.02. The predicted molar refractivity (Wildman–Crippen MR) is 91.1 cm³/mol. The van der Waals surface area contributed by atoms with Crippen molar-refractivity contribution in [1.82, 2.24) is 5.32 Å². The number of carbonyl (C=O) groups excluding carboxylic acids is 1. The van der Waals surface area contributed by atoms with Gasteiger partial charge in [0.25, 0.3) is 0 Å². The number of benzene rings is 2. The number of ether oxygens (including phenoxy) is 2. The molecule has 1 aliphatic heterocycles. The van der Waals surface area contributed by atoms with Gasteiger partial charge in [-0.3, -0.25) is 0 Å². The number of primary sulfonamides is 1. The molecule has 0 spiro atoms. The number of nitrogens with one attached hydrogen (secondary N) is 2. The molecule has 2 amide bonds. The van der Waals surface area contributed by atoms with Gasteiger partial charge in [0.05, 0.1) is 4.90 Å². The minimum atomic E-state index is -3.69. The number of hydrogen-bond acceptors (Lipinski definition) is 5. The fourth-order valence-electron chi connectivity index (χ4n) is 2.32. The highest BCUT2D eigenvalue weighted by Gasteiger charge is 2.14. The molecule has 0 fully saturated rings. The Balaban J connectivity index is 1.48. The van der Waals surface area contributed by atoms with Crippen LogP contribution in [0.3, 0.4) is 0 Å². The van der Waals surface area contributed by atoms with Gasteiger partial charge in [0, 0.05) is 18.3 Å². The molecule has 0 atom stereocenters. The van der Waals surface area contributed by atoms with Crippen molar-refractivity contribution >= 4 is 21.7 Å². The Morgan fingerprint density at radius 3 is 2.52 bits per heavy atom. The van der Waals surface area contributed by atoms with Crippen LogP contribution in [0.5, 0.6) is 11.5 Å². The van der Waals surface area contributed by atoms with Gasteiger partial charge in [0.2, 0.25) is 16.8 Å². The Hall–Kier alpha value is -2.78. The zero-order valence-corrected chi connectivity index (χ0v) is 14.0. The van der Waals surface area contributed by atoms with Crippen LogP contribution in [0.15, 0.2) is 47.4 Å². The van der Waals surface area contributed by atoms with Gasteiger partial charge in [-0.1, -0.05) is 12.1 Å². The van der Waals surface area contributed by atoms with Crippen molar-refractivity contribution in [3.05, 3.63) is 48.0 Å². The summed E-state index contributed by atoms with van der Waals surface area (Å²) in [6.45, 7) is 0.570. The highest BCUT2D eigenvalue weighted by Crippen LogP contribution is 2.34. The lowest BCUT2D eigenvalue weighted by Gasteiger charge is -2.08. The fourth-order valence-corrected chi connectivity index (χ4v) is 2.83. The highest BCUT2D eigenvalue weighted by atomic mass is 32.2. The zero-order chi connectivity index (χ0) is 17.9. The van der Waals surface area contributed by atoms with Crippen LogP contribution in [0.1, 0.15) is 5.56 Å². The van der Waals surface area contributed by atoms with Crippen molar-refractivity contribution in [3.63, 3.8) is 0 Å². The molecule has 0 unspecified atom stereocenters. The Labute approximate surface area is 145 Å². The van der Waals surface area contributed by atoms with Gasteiger partial charge >= 0.3 is 6.03 Å². The minimum Gasteiger partial charge on any atom is -0.454 e. The van der Waals surface area contributed by atoms with Crippen molar-refractivity contribution in [2.45, 2.75) is 11.3 Å². The molecule has 8 nitrogen and oxygen atoms in total. The number of rotatable bonds is 5. The zero-order valence-electron chi connectivity index (χ0n) is 13.2. The van der Waals surface area contributed by atoms with E-state index in [4.69, 9.17) is 14.6 Å². The number of carbonyl (C=O) groups is 1. The third-order valence-corrected chi connectivity index (χ3v) is 4.51. The van der Waals surface area contributed by atoms with Gasteiger partial charge < -0.3 is 20.1 Å². The molecule has 0 aliphatic carbocycles. The maximum atomic E-state index is 11.9. The molecular formula is C16H17N3O5S. The third kappa shape index (κ3) is 4.40. The maximum Gasteiger partial charge on any atom is 0.319 e. The van der Waals surface area contributed by atoms with E-state index in [2.05, 4.69) is 10.6 Å². The molecule has 2 aromatic rings. The largest absolute Gasteiger partial charge is 0.454 e. The van der Waals surface area contributed by atoms with Crippen LogP contribution >= 0.6 is 0 Å². The molecule has 2 aromatic carbocycles. The molecule has 25 heavy (non-hydrogen) atoms. The smallest absolute Gasteiger partial charge is 0.319 e. The van der Waals surface area contributed by atoms with Crippen molar-refractivity contribution in [2.24, 2.45) is 5.14 Å². The quantitative estimate of drug-likeness (QED) is 0.742. The number of amides is 2. The van der Waals surface area contributed by atoms with Crippen LogP contribution in [0.4, 0.5) is 10.5 Å². The minimum absolute atomic E-state index is 0.0600. The Bertz CT molecular complexity index is 881. The second-order valence-corrected chi connectivity index (χ2v) is 6.95. The molecule has 0 radical (unpaired) electrons. The highest BCUT2D eigenvalue weighted by molar-refractivity contribution is 7.89. The van der Waals surface area contributed by atoms with Crippen LogP contribution in [-0.4, -0.2) is 27.8 Å². The second-order valence-electron chi connectivity index (χ2n) is 5.39. The molecule has 0 saturated heterocycles. The molecular weight excluding hydrogens is 346 g/mol. The van der Waals surface area contributed by atoms with Crippen molar-refractivity contribution in [3.8, 4) is 11.5 Å². The van der Waals surface area contributed by atoms with Crippen LogP contribution in [0, 0.1) is 0 Å². The summed E-state index contributed by atoms with van der Waals surface area (Å²) in [4.78, 5) is 12.0. The van der Waals surface area contributed by atoms with Gasteiger partial charge in [-0.2, -0.15) is 0 Å². The maximum absolute atomic E-state index is 11.9. The fraction of sp³-hybridized carbons (Fsp3) is 0.188. The molecule has 132 valence electrons. The summed E-state index contributed by atoms with van der Waals surface area (Å²) < 4.78 is 32.8. The Kier molecular flexibility index (Phi) is 4.77. The topological polar surface area (TPSA) is 120 Å². The summed E-state index contributed by atoms with van der Waals surface area (Å²) in [6, 6.07) is 11.0. The van der Waals surface area contributed by atoms with Crippen LogP contribution in [0.2, 0.25) is 0 Å². The van der Waals surface area contributed by atoms with Gasteiger partial charge in [-0.25, -0.2) is 18.4 Å². The van der Waals surface area contributed by atoms with Gasteiger partial charge in [0.1, 0.15) is 0 Å². The van der Waals surface area contributed by atoms with E-state index >= 15 is 0 Å². The van der Waals surface area contributed by atoms with Crippen molar-refractivity contribution in [1.29, 1.82) is 0 Å². The molecule has 0 saturated carbocycles. The SMILES string of the molecule is NS(=O)(=O)c1ccc(CCNC(=O)Nc2ccc3c(c2)OCO3)cc1. The summed E-state index contributed by atoms with van der Waals surface area (Å²) in [5, 5.41) is 10.5. The third-order valence-electron chi connectivity index (χ3n) is 3.58. The van der Waals surface area contributed by atoms with E-state index in [9.17, 15) is 13.2 Å². The lowest BCUT2D eigenvalue weighted by molar-refractivity contribution is 0.174. The van der Waals surface area contributed by atoms with Crippen LogP contribution in [0.25, 0.3) is 0 Å². The van der Waals surface area contributed by atoms with E-state index in [1.807, 2.05) is 0 Å². The van der Waals surface area contributed by atoms with E-state index in [-0.39, 0.29) is 17.7 Å². The predicted octanol–water partition coefficient (Wildman–Crippen LogP) is 1.43. The average molecular weight is 363 g/mol. The number of sulfonamides is 1. The molecule has 0 aromatic heterocycles. The molecule has 0 bridgehead atoms. The Morgan fingerprint density at radius 2 is 1.80 bits per heavy atom. The number of anilines is 1. The number of fused-ring (bicyclic) bond motifs is 1. The number of hydrogen-bond donors (Lipinski definition) is 3. The second kappa shape index (κ2) is 6.99. The first kappa shape index (κ1) is 17.1. The van der Waals surface area contributed by atoms with E-state index < -0.39 is 10.0 Å². The van der Waals surface area contributed by atoms with Crippen molar-refractivity contribution < 1.29 is 22.7 Å². The normalized spacial score (nSPS) is 12.7. The standard InChI is InChI=1S/C16H17N3O5S/c17-25(21,22)13-4-1-11(2-5-13)7-8-18-16(20)19-12-3-6-14-15(9-12)24-10-23-14/h1-6,9H,7-8,10H2,(H2,17,21,22)(H2,18,19,20). The van der Waals surface area contributed by atoms with Gasteiger partial charge in [-0.05, 0) is 36.2 Å². The lowest BCUT2D eigenvalue weighted by Crippen LogP contribution is -2.30. The summed E-state index contributed by atoms with van der Waals surface area (Å²) in [6.07, 6.45) is 0.555. The lowest BCUT2D eigenvalue weighted by atomic mass is 10.1. The summed E-state index contributed by atoms with van der Waals surface area (Å²) in [5.41, 5.74) is 1.48. The van der Waals surface area contributed by atoms with E-state index in [0.29, 0.717) is 30.2 Å². The molecule has 3 rings (SSSR count). The first-order chi connectivity index (χ1) is 11.9. The van der Waals surface area contributed by atoms with Crippen LogP contribution < -0.4 is 25.2 Å².